The van der Waals surface area contributed by atoms with Crippen LogP contribution in [0, 0.1) is 5.92 Å². The molecule has 1 fully saturated rings. The topological polar surface area (TPSA) is 91.7 Å². The van der Waals surface area contributed by atoms with E-state index in [2.05, 4.69) is 12.1 Å². The molecule has 2 aliphatic rings. The van der Waals surface area contributed by atoms with Crippen molar-refractivity contribution in [1.82, 2.24) is 9.47 Å². The highest BCUT2D eigenvalue weighted by molar-refractivity contribution is 5.87. The number of carboxylic acid groups (broad SMARTS) is 1. The summed E-state index contributed by atoms with van der Waals surface area (Å²) in [7, 11) is 0. The lowest BCUT2D eigenvalue weighted by Crippen LogP contribution is -2.50. The number of aliphatic carboxylic acids is 1. The van der Waals surface area contributed by atoms with Gasteiger partial charge >= 0.3 is 0 Å². The van der Waals surface area contributed by atoms with Crippen LogP contribution in [0.5, 0.6) is 0 Å². The lowest BCUT2D eigenvalue weighted by atomic mass is 9.82. The molecule has 7 heteroatoms. The van der Waals surface area contributed by atoms with Crippen molar-refractivity contribution in [2.45, 2.75) is 18.9 Å². The van der Waals surface area contributed by atoms with Crippen molar-refractivity contribution in [3.8, 4) is 11.1 Å². The molecule has 164 valence electrons. The zero-order valence-electron chi connectivity index (χ0n) is 17.5. The Kier molecular flexibility index (Phi) is 5.27. The van der Waals surface area contributed by atoms with Crippen molar-refractivity contribution in [3.05, 3.63) is 70.6 Å². The molecular weight excluding hydrogens is 408 g/mol. The Morgan fingerprint density at radius 2 is 1.78 bits per heavy atom. The van der Waals surface area contributed by atoms with E-state index >= 15 is 0 Å². The number of carboxylic acids is 1. The first-order valence-corrected chi connectivity index (χ1v) is 10.8. The van der Waals surface area contributed by atoms with Crippen molar-refractivity contribution in [2.24, 2.45) is 5.92 Å². The smallest absolute Gasteiger partial charge is 0.258 e. The zero-order valence-corrected chi connectivity index (χ0v) is 17.5. The Bertz CT molecular complexity index is 1260. The Hall–Kier alpha value is -3.45. The lowest BCUT2D eigenvalue weighted by Gasteiger charge is -2.43. The SMILES string of the molecule is O=C([O-])COCC(=O)N1C[C@@H]2C[C@H](C1)c1ccc(-c3ccc4ccccc4c3)c(=O)n1C2. The number of ether oxygens (including phenoxy) is 1. The fraction of sp³-hybridized carbons (Fsp3) is 0.320. The number of benzene rings is 2. The summed E-state index contributed by atoms with van der Waals surface area (Å²) in [4.78, 5) is 38.1. The number of amides is 1. The van der Waals surface area contributed by atoms with Crippen LogP contribution in [0.2, 0.25) is 0 Å². The molecule has 7 nitrogen and oxygen atoms in total. The molecule has 2 atom stereocenters. The first-order chi connectivity index (χ1) is 15.5. The molecule has 1 aromatic heterocycles. The summed E-state index contributed by atoms with van der Waals surface area (Å²) in [6.07, 6.45) is 0.929. The summed E-state index contributed by atoms with van der Waals surface area (Å²) in [5.74, 6) is -1.32. The van der Waals surface area contributed by atoms with Gasteiger partial charge in [-0.05, 0) is 46.9 Å². The molecule has 2 aliphatic heterocycles. The number of carbonyl (C=O) groups excluding carboxylic acids is 2. The van der Waals surface area contributed by atoms with Crippen LogP contribution >= 0.6 is 0 Å². The number of likely N-dealkylation sites (tertiary alicyclic amines) is 1. The highest BCUT2D eigenvalue weighted by atomic mass is 16.5. The molecule has 1 amide bonds. The van der Waals surface area contributed by atoms with Gasteiger partial charge in [0.15, 0.2) is 0 Å². The molecule has 5 rings (SSSR count). The van der Waals surface area contributed by atoms with E-state index in [1.165, 1.54) is 0 Å². The minimum absolute atomic E-state index is 0.00421. The van der Waals surface area contributed by atoms with E-state index in [1.54, 1.807) is 4.90 Å². The highest BCUT2D eigenvalue weighted by Gasteiger charge is 2.36. The second kappa shape index (κ2) is 8.24. The highest BCUT2D eigenvalue weighted by Crippen LogP contribution is 2.36. The van der Waals surface area contributed by atoms with Crippen LogP contribution in [0.15, 0.2) is 59.4 Å². The summed E-state index contributed by atoms with van der Waals surface area (Å²) < 4.78 is 6.78. The number of pyridine rings is 1. The van der Waals surface area contributed by atoms with Crippen LogP contribution < -0.4 is 10.7 Å². The Morgan fingerprint density at radius 1 is 0.969 bits per heavy atom. The summed E-state index contributed by atoms with van der Waals surface area (Å²) in [6.45, 7) is 0.730. The van der Waals surface area contributed by atoms with Crippen molar-refractivity contribution in [3.63, 3.8) is 0 Å². The first-order valence-electron chi connectivity index (χ1n) is 10.8. The van der Waals surface area contributed by atoms with E-state index in [4.69, 9.17) is 4.74 Å². The second-order valence-electron chi connectivity index (χ2n) is 8.61. The molecular formula is C25H23N2O5-. The average Bonchev–Trinajstić information content (AvgIpc) is 2.79. The van der Waals surface area contributed by atoms with E-state index in [1.807, 2.05) is 47.0 Å². The van der Waals surface area contributed by atoms with E-state index in [0.29, 0.717) is 25.2 Å². The van der Waals surface area contributed by atoms with Gasteiger partial charge in [0.1, 0.15) is 6.61 Å². The molecule has 3 heterocycles. The lowest BCUT2D eigenvalue weighted by molar-refractivity contribution is -0.309. The third kappa shape index (κ3) is 3.80. The number of nitrogens with zero attached hydrogens (tertiary/aromatic N) is 2. The molecule has 32 heavy (non-hydrogen) atoms. The second-order valence-corrected chi connectivity index (χ2v) is 8.61. The van der Waals surface area contributed by atoms with E-state index in [9.17, 15) is 19.5 Å². The van der Waals surface area contributed by atoms with Gasteiger partial charge in [-0.15, -0.1) is 0 Å². The molecule has 0 N–H and O–H groups in total. The summed E-state index contributed by atoms with van der Waals surface area (Å²) in [5, 5.41) is 12.7. The maximum Gasteiger partial charge on any atom is 0.258 e. The molecule has 0 unspecified atom stereocenters. The molecule has 0 saturated carbocycles. The average molecular weight is 431 g/mol. The molecule has 2 bridgehead atoms. The molecule has 1 saturated heterocycles. The third-order valence-corrected chi connectivity index (χ3v) is 6.46. The van der Waals surface area contributed by atoms with E-state index < -0.39 is 12.6 Å². The molecule has 0 spiro atoms. The summed E-state index contributed by atoms with van der Waals surface area (Å²) in [6, 6.07) is 18.1. The number of aromatic nitrogens is 1. The number of hydrogen-bond acceptors (Lipinski definition) is 5. The van der Waals surface area contributed by atoms with Crippen LogP contribution in [0.1, 0.15) is 18.0 Å². The quantitative estimate of drug-likeness (QED) is 0.609. The minimum Gasteiger partial charge on any atom is -0.548 e. The van der Waals surface area contributed by atoms with Gasteiger partial charge in [0.2, 0.25) is 5.91 Å². The normalized spacial score (nSPS) is 19.6. The van der Waals surface area contributed by atoms with Gasteiger partial charge < -0.3 is 24.1 Å². The third-order valence-electron chi connectivity index (χ3n) is 6.46. The number of fused-ring (bicyclic) bond motifs is 5. The maximum absolute atomic E-state index is 13.4. The van der Waals surface area contributed by atoms with Crippen molar-refractivity contribution in [2.75, 3.05) is 26.3 Å². The first kappa shape index (κ1) is 20.5. The molecule has 0 radical (unpaired) electrons. The van der Waals surface area contributed by atoms with Gasteiger partial charge in [-0.1, -0.05) is 36.4 Å². The Morgan fingerprint density at radius 3 is 2.59 bits per heavy atom. The molecule has 2 aromatic carbocycles. The monoisotopic (exact) mass is 431 g/mol. The minimum atomic E-state index is -1.34. The predicted octanol–water partition coefficient (Wildman–Crippen LogP) is 1.38. The van der Waals surface area contributed by atoms with Crippen LogP contribution in [0.25, 0.3) is 21.9 Å². The molecule has 3 aromatic rings. The van der Waals surface area contributed by atoms with E-state index in [0.717, 1.165) is 28.5 Å². The largest absolute Gasteiger partial charge is 0.548 e. The predicted molar refractivity (Wildman–Crippen MR) is 117 cm³/mol. The number of rotatable bonds is 5. The summed E-state index contributed by atoms with van der Waals surface area (Å²) in [5.41, 5.74) is 2.54. The van der Waals surface area contributed by atoms with Gasteiger partial charge in [-0.3, -0.25) is 9.59 Å². The van der Waals surface area contributed by atoms with E-state index in [-0.39, 0.29) is 29.9 Å². The van der Waals surface area contributed by atoms with Gasteiger partial charge in [-0.25, -0.2) is 0 Å². The van der Waals surface area contributed by atoms with Crippen LogP contribution in [0.4, 0.5) is 0 Å². The van der Waals surface area contributed by atoms with Gasteiger partial charge in [0.05, 0.1) is 12.6 Å². The fourth-order valence-electron chi connectivity index (χ4n) is 5.04. The fourth-order valence-corrected chi connectivity index (χ4v) is 5.04. The Labute approximate surface area is 184 Å². The number of piperidine rings is 1. The van der Waals surface area contributed by atoms with Crippen LogP contribution in [-0.4, -0.2) is 47.6 Å². The Balaban J connectivity index is 1.40. The van der Waals surface area contributed by atoms with Gasteiger partial charge in [0, 0.05) is 36.8 Å². The van der Waals surface area contributed by atoms with Crippen molar-refractivity contribution in [1.29, 1.82) is 0 Å². The van der Waals surface area contributed by atoms with Crippen LogP contribution in [-0.2, 0) is 20.9 Å². The maximum atomic E-state index is 13.4. The van der Waals surface area contributed by atoms with Crippen LogP contribution in [0.3, 0.4) is 0 Å². The van der Waals surface area contributed by atoms with Gasteiger partial charge in [0.25, 0.3) is 5.56 Å². The van der Waals surface area contributed by atoms with Crippen molar-refractivity contribution < 1.29 is 19.4 Å². The van der Waals surface area contributed by atoms with Gasteiger partial charge in [-0.2, -0.15) is 0 Å². The zero-order chi connectivity index (χ0) is 22.2. The number of hydrogen-bond donors (Lipinski definition) is 0. The number of carbonyl (C=O) groups is 2. The molecule has 0 aliphatic carbocycles. The summed E-state index contributed by atoms with van der Waals surface area (Å²) >= 11 is 0. The van der Waals surface area contributed by atoms with Crippen molar-refractivity contribution >= 4 is 22.6 Å². The standard InChI is InChI=1S/C25H24N2O5/c28-23(14-32-15-24(29)30)26-11-16-9-20(13-26)22-8-7-21(25(31)27(22)12-16)19-6-5-17-3-1-2-4-18(17)10-19/h1-8,10,16,20H,9,11-15H2,(H,29,30)/p-1/t16-,20+/m0/s1.